The van der Waals surface area contributed by atoms with Crippen LogP contribution >= 0.6 is 0 Å². The van der Waals surface area contributed by atoms with Crippen molar-refractivity contribution in [1.82, 2.24) is 4.90 Å². The molecule has 0 amide bonds. The van der Waals surface area contributed by atoms with Crippen molar-refractivity contribution in [2.24, 2.45) is 5.92 Å². The monoisotopic (exact) mass is 309 g/mol. The molecular formula is C22H31N. The molecule has 1 heterocycles. The van der Waals surface area contributed by atoms with Crippen LogP contribution in [0.2, 0.25) is 0 Å². The fourth-order valence-electron chi connectivity index (χ4n) is 4.13. The molecule has 0 spiro atoms. The Labute approximate surface area is 142 Å². The average Bonchev–Trinajstić information content (AvgIpc) is 2.64. The number of hydrogen-bond acceptors (Lipinski definition) is 1. The Kier molecular flexibility index (Phi) is 6.59. The van der Waals surface area contributed by atoms with Crippen LogP contribution in [0.1, 0.15) is 69.8 Å². The van der Waals surface area contributed by atoms with E-state index in [2.05, 4.69) is 47.1 Å². The summed E-state index contributed by atoms with van der Waals surface area (Å²) in [5.41, 5.74) is 1.16. The van der Waals surface area contributed by atoms with E-state index in [1.165, 1.54) is 77.3 Å². The summed E-state index contributed by atoms with van der Waals surface area (Å²) < 4.78 is 0. The van der Waals surface area contributed by atoms with Crippen LogP contribution in [0.4, 0.5) is 0 Å². The molecule has 0 radical (unpaired) electrons. The van der Waals surface area contributed by atoms with Gasteiger partial charge in [-0.15, -0.1) is 0 Å². The number of likely N-dealkylation sites (tertiary alicyclic amines) is 1. The van der Waals surface area contributed by atoms with E-state index in [1.807, 2.05) is 0 Å². The third kappa shape index (κ3) is 5.40. The topological polar surface area (TPSA) is 3.24 Å². The Balaban J connectivity index is 1.62. The number of piperidine rings is 1. The van der Waals surface area contributed by atoms with Crippen molar-refractivity contribution < 1.29 is 0 Å². The Hall–Kier alpha value is -1.26. The zero-order chi connectivity index (χ0) is 15.7. The van der Waals surface area contributed by atoms with Gasteiger partial charge in [-0.2, -0.15) is 0 Å². The second-order valence-electron chi connectivity index (χ2n) is 7.33. The molecule has 1 aliphatic heterocycles. The molecule has 1 saturated heterocycles. The molecule has 1 atom stereocenters. The number of nitrogens with zero attached hydrogens (tertiary/aromatic N) is 1. The molecule has 23 heavy (non-hydrogen) atoms. The standard InChI is InChI=1S/C22H31N/c1-4-10-20(11-5-1)14-16-22(23-18-8-3-9-19-23)17-15-21-12-6-2-7-13-21/h1,4-5,10-11,21-22H,2-3,6-9,12-13,15,17-19H2. The Morgan fingerprint density at radius 2 is 1.61 bits per heavy atom. The van der Waals surface area contributed by atoms with Gasteiger partial charge in [-0.05, 0) is 56.8 Å². The van der Waals surface area contributed by atoms with Crippen molar-refractivity contribution in [2.45, 2.75) is 70.3 Å². The van der Waals surface area contributed by atoms with E-state index >= 15 is 0 Å². The van der Waals surface area contributed by atoms with Crippen molar-refractivity contribution in [3.63, 3.8) is 0 Å². The minimum atomic E-state index is 0.470. The zero-order valence-electron chi connectivity index (χ0n) is 14.5. The maximum atomic E-state index is 3.62. The Bertz CT molecular complexity index is 498. The van der Waals surface area contributed by atoms with E-state index in [9.17, 15) is 0 Å². The van der Waals surface area contributed by atoms with Crippen LogP contribution in [-0.2, 0) is 0 Å². The van der Waals surface area contributed by atoms with Crippen LogP contribution in [0, 0.1) is 17.8 Å². The summed E-state index contributed by atoms with van der Waals surface area (Å²) in [6.07, 6.45) is 14.0. The molecule has 1 unspecified atom stereocenters. The van der Waals surface area contributed by atoms with Gasteiger partial charge in [0.15, 0.2) is 0 Å². The predicted molar refractivity (Wildman–Crippen MR) is 98.3 cm³/mol. The van der Waals surface area contributed by atoms with E-state index in [1.54, 1.807) is 0 Å². The van der Waals surface area contributed by atoms with Gasteiger partial charge in [-0.1, -0.05) is 68.6 Å². The van der Waals surface area contributed by atoms with Crippen molar-refractivity contribution in [3.8, 4) is 11.8 Å². The number of rotatable bonds is 4. The molecule has 1 aromatic rings. The molecule has 0 N–H and O–H groups in total. The van der Waals surface area contributed by atoms with Gasteiger partial charge in [0.25, 0.3) is 0 Å². The first-order valence-corrected chi connectivity index (χ1v) is 9.72. The number of hydrogen-bond donors (Lipinski definition) is 0. The van der Waals surface area contributed by atoms with Crippen molar-refractivity contribution >= 4 is 0 Å². The lowest BCUT2D eigenvalue weighted by atomic mass is 9.85. The quantitative estimate of drug-likeness (QED) is 0.686. The van der Waals surface area contributed by atoms with Gasteiger partial charge in [0.05, 0.1) is 6.04 Å². The minimum Gasteiger partial charge on any atom is -0.290 e. The molecule has 0 bridgehead atoms. The molecule has 3 rings (SSSR count). The predicted octanol–water partition coefficient (Wildman–Crippen LogP) is 5.25. The molecule has 1 aliphatic carbocycles. The highest BCUT2D eigenvalue weighted by Gasteiger charge is 2.21. The minimum absolute atomic E-state index is 0.470. The summed E-state index contributed by atoms with van der Waals surface area (Å²) in [7, 11) is 0. The third-order valence-electron chi connectivity index (χ3n) is 5.56. The maximum Gasteiger partial charge on any atom is 0.0718 e. The largest absolute Gasteiger partial charge is 0.290 e. The summed E-state index contributed by atoms with van der Waals surface area (Å²) in [4.78, 5) is 2.66. The van der Waals surface area contributed by atoms with E-state index in [4.69, 9.17) is 0 Å². The van der Waals surface area contributed by atoms with E-state index in [-0.39, 0.29) is 0 Å². The highest BCUT2D eigenvalue weighted by atomic mass is 15.2. The lowest BCUT2D eigenvalue weighted by Gasteiger charge is -2.33. The lowest BCUT2D eigenvalue weighted by Crippen LogP contribution is -2.38. The van der Waals surface area contributed by atoms with Gasteiger partial charge in [0.1, 0.15) is 0 Å². The van der Waals surface area contributed by atoms with Crippen molar-refractivity contribution in [2.75, 3.05) is 13.1 Å². The van der Waals surface area contributed by atoms with Crippen LogP contribution < -0.4 is 0 Å². The van der Waals surface area contributed by atoms with E-state index < -0.39 is 0 Å². The van der Waals surface area contributed by atoms with Crippen LogP contribution in [0.3, 0.4) is 0 Å². The van der Waals surface area contributed by atoms with E-state index in [0.29, 0.717) is 6.04 Å². The molecule has 1 nitrogen and oxygen atoms in total. The SMILES string of the molecule is C(#CC(CCC1CCCCC1)N1CCCCC1)c1ccccc1. The maximum absolute atomic E-state index is 3.62. The normalized spacial score (nSPS) is 21.4. The second-order valence-corrected chi connectivity index (χ2v) is 7.33. The first-order chi connectivity index (χ1) is 11.4. The van der Waals surface area contributed by atoms with Crippen LogP contribution in [-0.4, -0.2) is 24.0 Å². The Morgan fingerprint density at radius 1 is 0.913 bits per heavy atom. The molecule has 2 fully saturated rings. The fourth-order valence-corrected chi connectivity index (χ4v) is 4.13. The zero-order valence-corrected chi connectivity index (χ0v) is 14.5. The van der Waals surface area contributed by atoms with Crippen molar-refractivity contribution in [1.29, 1.82) is 0 Å². The fraction of sp³-hybridized carbons (Fsp3) is 0.636. The molecule has 124 valence electrons. The third-order valence-corrected chi connectivity index (χ3v) is 5.56. The first-order valence-electron chi connectivity index (χ1n) is 9.72. The summed E-state index contributed by atoms with van der Waals surface area (Å²) in [6, 6.07) is 11.0. The molecular weight excluding hydrogens is 278 g/mol. The summed E-state index contributed by atoms with van der Waals surface area (Å²) in [6.45, 7) is 2.50. The molecule has 1 saturated carbocycles. The van der Waals surface area contributed by atoms with Gasteiger partial charge in [-0.3, -0.25) is 4.90 Å². The van der Waals surface area contributed by atoms with Crippen molar-refractivity contribution in [3.05, 3.63) is 35.9 Å². The summed E-state index contributed by atoms with van der Waals surface area (Å²) in [5.74, 6) is 8.03. The molecule has 1 heteroatoms. The van der Waals surface area contributed by atoms with Gasteiger partial charge < -0.3 is 0 Å². The Morgan fingerprint density at radius 3 is 2.35 bits per heavy atom. The van der Waals surface area contributed by atoms with Crippen LogP contribution in [0.5, 0.6) is 0 Å². The van der Waals surface area contributed by atoms with Gasteiger partial charge >= 0.3 is 0 Å². The summed E-state index contributed by atoms with van der Waals surface area (Å²) >= 11 is 0. The smallest absolute Gasteiger partial charge is 0.0718 e. The van der Waals surface area contributed by atoms with Gasteiger partial charge in [0.2, 0.25) is 0 Å². The van der Waals surface area contributed by atoms with Gasteiger partial charge in [0, 0.05) is 5.56 Å². The second kappa shape index (κ2) is 9.14. The highest BCUT2D eigenvalue weighted by molar-refractivity contribution is 5.34. The van der Waals surface area contributed by atoms with E-state index in [0.717, 1.165) is 11.5 Å². The van der Waals surface area contributed by atoms with Gasteiger partial charge in [-0.25, -0.2) is 0 Å². The number of benzene rings is 1. The lowest BCUT2D eigenvalue weighted by molar-refractivity contribution is 0.178. The molecule has 2 aliphatic rings. The van der Waals surface area contributed by atoms with Crippen LogP contribution in [0.15, 0.2) is 30.3 Å². The summed E-state index contributed by atoms with van der Waals surface area (Å²) in [5, 5.41) is 0. The first kappa shape index (κ1) is 16.6. The highest BCUT2D eigenvalue weighted by Crippen LogP contribution is 2.28. The molecule has 1 aromatic carbocycles. The average molecular weight is 309 g/mol. The van der Waals surface area contributed by atoms with Crippen LogP contribution in [0.25, 0.3) is 0 Å². The molecule has 0 aromatic heterocycles.